The highest BCUT2D eigenvalue weighted by Gasteiger charge is 2.65. The molecule has 42 heavy (non-hydrogen) atoms. The fourth-order valence-electron chi connectivity index (χ4n) is 9.81. The lowest BCUT2D eigenvalue weighted by atomic mass is 9.46. The van der Waals surface area contributed by atoms with Crippen LogP contribution in [0.4, 0.5) is 0 Å². The van der Waals surface area contributed by atoms with Gasteiger partial charge in [-0.15, -0.1) is 0 Å². The first-order chi connectivity index (χ1) is 19.7. The number of nitrogens with zero attached hydrogens (tertiary/aromatic N) is 1. The van der Waals surface area contributed by atoms with E-state index in [1.54, 1.807) is 6.92 Å². The van der Waals surface area contributed by atoms with Crippen molar-refractivity contribution in [2.45, 2.75) is 122 Å². The Balaban J connectivity index is 1.20. The molecular weight excluding hydrogens is 536 g/mol. The molecular formula is C33H50N2O7. The van der Waals surface area contributed by atoms with Crippen LogP contribution >= 0.6 is 0 Å². The lowest BCUT2D eigenvalue weighted by Crippen LogP contribution is -2.57. The van der Waals surface area contributed by atoms with Gasteiger partial charge in [0.25, 0.3) is 5.91 Å². The second-order valence-electron chi connectivity index (χ2n) is 14.9. The van der Waals surface area contributed by atoms with Gasteiger partial charge in [-0.1, -0.05) is 24.6 Å². The summed E-state index contributed by atoms with van der Waals surface area (Å²) in [6, 6.07) is -0.481. The predicted octanol–water partition coefficient (Wildman–Crippen LogP) is 4.81. The lowest BCUT2D eigenvalue weighted by Gasteiger charge is -2.59. The van der Waals surface area contributed by atoms with Gasteiger partial charge in [-0.3, -0.25) is 14.4 Å². The summed E-state index contributed by atoms with van der Waals surface area (Å²) in [4.78, 5) is 42.2. The van der Waals surface area contributed by atoms with E-state index < -0.39 is 17.6 Å². The van der Waals surface area contributed by atoms with Gasteiger partial charge < -0.3 is 25.1 Å². The Kier molecular flexibility index (Phi) is 8.42. The zero-order chi connectivity index (χ0) is 30.5. The number of carbonyl (C=O) groups excluding carboxylic acids is 2. The number of amides is 1. The molecule has 5 rings (SSSR count). The normalized spacial score (nSPS) is 40.6. The van der Waals surface area contributed by atoms with Crippen LogP contribution < -0.4 is 5.32 Å². The minimum Gasteiger partial charge on any atom is -0.481 e. The van der Waals surface area contributed by atoms with Crippen molar-refractivity contribution in [3.8, 4) is 0 Å². The molecule has 1 aliphatic heterocycles. The highest BCUT2D eigenvalue weighted by molar-refractivity contribution is 5.96. The second kappa shape index (κ2) is 11.3. The van der Waals surface area contributed by atoms with E-state index in [2.05, 4.69) is 30.4 Å². The van der Waals surface area contributed by atoms with Crippen LogP contribution in [-0.2, 0) is 24.0 Å². The third-order valence-electron chi connectivity index (χ3n) is 12.1. The summed E-state index contributed by atoms with van der Waals surface area (Å²) in [5, 5.41) is 28.0. The number of carboxylic acid groups (broad SMARTS) is 1. The van der Waals surface area contributed by atoms with E-state index in [9.17, 15) is 24.6 Å². The van der Waals surface area contributed by atoms with Gasteiger partial charge in [-0.2, -0.15) is 0 Å². The molecule has 4 fully saturated rings. The van der Waals surface area contributed by atoms with Crippen molar-refractivity contribution in [3.63, 3.8) is 0 Å². The molecule has 9 heteroatoms. The van der Waals surface area contributed by atoms with E-state index in [0.717, 1.165) is 50.7 Å². The molecule has 8 atom stereocenters. The third-order valence-corrected chi connectivity index (χ3v) is 12.1. The number of hydrogen-bond donors (Lipinski definition) is 3. The summed E-state index contributed by atoms with van der Waals surface area (Å²) in [6.07, 6.45) is 10.6. The van der Waals surface area contributed by atoms with Crippen molar-refractivity contribution < 1.29 is 34.2 Å². The van der Waals surface area contributed by atoms with Gasteiger partial charge in [-0.25, -0.2) is 0 Å². The number of nitrogens with one attached hydrogen (secondary N) is 1. The van der Waals surface area contributed by atoms with Crippen molar-refractivity contribution in [3.05, 3.63) is 11.6 Å². The highest BCUT2D eigenvalue weighted by atomic mass is 16.6. The molecule has 0 radical (unpaired) electrons. The van der Waals surface area contributed by atoms with Crippen LogP contribution in [0.5, 0.6) is 0 Å². The number of carboxylic acids is 1. The Morgan fingerprint density at radius 1 is 1.07 bits per heavy atom. The number of hydrogen-bond acceptors (Lipinski definition) is 7. The monoisotopic (exact) mass is 586 g/mol. The highest BCUT2D eigenvalue weighted by Crippen LogP contribution is 2.67. The molecule has 0 aromatic rings. The molecule has 1 amide bonds. The molecule has 0 unspecified atom stereocenters. The number of Topliss-reactive ketones (excluding diaryl/α,β-unsaturated/α-hetero) is 1. The number of aliphatic carboxylic acids is 1. The van der Waals surface area contributed by atoms with E-state index in [-0.39, 0.29) is 47.1 Å². The van der Waals surface area contributed by atoms with Crippen molar-refractivity contribution in [2.75, 3.05) is 13.2 Å². The zero-order valence-electron chi connectivity index (χ0n) is 26.0. The van der Waals surface area contributed by atoms with Gasteiger partial charge in [0.05, 0.1) is 17.7 Å². The number of allylic oxidation sites excluding steroid dienone is 2. The summed E-state index contributed by atoms with van der Waals surface area (Å²) < 4.78 is 5.77. The first kappa shape index (κ1) is 31.2. The van der Waals surface area contributed by atoms with Crippen molar-refractivity contribution in [1.82, 2.24) is 5.32 Å². The summed E-state index contributed by atoms with van der Waals surface area (Å²) >= 11 is 0. The van der Waals surface area contributed by atoms with Crippen LogP contribution in [0.3, 0.4) is 0 Å². The van der Waals surface area contributed by atoms with Gasteiger partial charge in [0.1, 0.15) is 5.60 Å². The van der Waals surface area contributed by atoms with Crippen LogP contribution in [0.25, 0.3) is 0 Å². The van der Waals surface area contributed by atoms with Crippen molar-refractivity contribution in [2.24, 2.45) is 39.7 Å². The average Bonchev–Trinajstić information content (AvgIpc) is 3.19. The quantitative estimate of drug-likeness (QED) is 0.348. The fraction of sp³-hybridized carbons (Fsp3) is 0.818. The minimum atomic E-state index is -1.19. The Hall–Kier alpha value is -2.26. The molecule has 3 saturated carbocycles. The summed E-state index contributed by atoms with van der Waals surface area (Å²) in [7, 11) is 0. The standard InChI is InChI=1S/C33H50N2O7/c1-20(36)33(40)14-10-26-24-7-6-22-16-23(8-12-31(22,4)25(24)9-13-32(26,33)5)35-42-19-28(37)34-27(17-29(38)39)21-11-15-41-30(2,3)18-21/h16,21,24-27,40H,6-15,17-19H2,1-5H3,(H,34,37)(H,38,39)/b35-23+/t21-,24-,25+,26+,27+,31+,32+,33+/m1/s1. The van der Waals surface area contributed by atoms with Crippen LogP contribution in [0, 0.1) is 34.5 Å². The summed E-state index contributed by atoms with van der Waals surface area (Å²) in [5.41, 5.74) is 0.437. The van der Waals surface area contributed by atoms with Crippen LogP contribution in [0.15, 0.2) is 16.8 Å². The average molecular weight is 587 g/mol. The van der Waals surface area contributed by atoms with Gasteiger partial charge in [-0.05, 0) is 120 Å². The van der Waals surface area contributed by atoms with Crippen LogP contribution in [0.2, 0.25) is 0 Å². The Morgan fingerprint density at radius 3 is 2.50 bits per heavy atom. The van der Waals surface area contributed by atoms with E-state index in [0.29, 0.717) is 43.6 Å². The number of fused-ring (bicyclic) bond motifs is 5. The molecule has 234 valence electrons. The predicted molar refractivity (Wildman–Crippen MR) is 158 cm³/mol. The van der Waals surface area contributed by atoms with Crippen LogP contribution in [0.1, 0.15) is 105 Å². The number of aliphatic hydroxyl groups is 1. The Bertz CT molecular complexity index is 1160. The molecule has 0 aromatic heterocycles. The molecule has 4 aliphatic carbocycles. The zero-order valence-corrected chi connectivity index (χ0v) is 26.0. The van der Waals surface area contributed by atoms with Crippen LogP contribution in [-0.4, -0.2) is 64.0 Å². The third kappa shape index (κ3) is 5.56. The molecule has 1 heterocycles. The Morgan fingerprint density at radius 2 is 1.81 bits per heavy atom. The van der Waals surface area contributed by atoms with Gasteiger partial charge in [0, 0.05) is 18.1 Å². The molecule has 5 aliphatic rings. The number of carbonyl (C=O) groups is 3. The fourth-order valence-corrected chi connectivity index (χ4v) is 9.81. The molecule has 0 aromatic carbocycles. The Labute approximate surface area is 249 Å². The van der Waals surface area contributed by atoms with Crippen molar-refractivity contribution in [1.29, 1.82) is 0 Å². The summed E-state index contributed by atoms with van der Waals surface area (Å²) in [5.74, 6) is 0.0492. The SMILES string of the molecule is CC(=O)[C@@]1(O)CC[C@H]2[C@@H]3CCC4=C/C(=N/OCC(=O)N[C@@H](CC(=O)O)[C@@H]5CCOC(C)(C)C5)CC[C@]4(C)[C@H]3CC[C@@]21C. The van der Waals surface area contributed by atoms with Gasteiger partial charge in [0.15, 0.2) is 12.4 Å². The van der Waals surface area contributed by atoms with E-state index in [1.165, 1.54) is 5.57 Å². The van der Waals surface area contributed by atoms with Crippen molar-refractivity contribution >= 4 is 23.4 Å². The number of oxime groups is 1. The lowest BCUT2D eigenvalue weighted by molar-refractivity contribution is -0.159. The number of ketones is 1. The molecule has 3 N–H and O–H groups in total. The molecule has 0 bridgehead atoms. The first-order valence-corrected chi connectivity index (χ1v) is 16.0. The van der Waals surface area contributed by atoms with Gasteiger partial charge in [0.2, 0.25) is 0 Å². The first-order valence-electron chi connectivity index (χ1n) is 16.0. The molecule has 9 nitrogen and oxygen atoms in total. The van der Waals surface area contributed by atoms with Gasteiger partial charge >= 0.3 is 5.97 Å². The topological polar surface area (TPSA) is 135 Å². The molecule has 1 saturated heterocycles. The number of rotatable bonds is 8. The van der Waals surface area contributed by atoms with E-state index >= 15 is 0 Å². The smallest absolute Gasteiger partial charge is 0.305 e. The summed E-state index contributed by atoms with van der Waals surface area (Å²) in [6.45, 7) is 10.4. The second-order valence-corrected chi connectivity index (χ2v) is 14.9. The largest absolute Gasteiger partial charge is 0.481 e. The number of ether oxygens (including phenoxy) is 1. The van der Waals surface area contributed by atoms with E-state index in [1.807, 2.05) is 13.8 Å². The molecule has 0 spiro atoms. The van der Waals surface area contributed by atoms with E-state index in [4.69, 9.17) is 9.57 Å². The maximum absolute atomic E-state index is 12.7. The minimum absolute atomic E-state index is 0.0224. The maximum atomic E-state index is 12.7. The maximum Gasteiger partial charge on any atom is 0.305 e.